The zero-order valence-corrected chi connectivity index (χ0v) is 15.1. The minimum Gasteiger partial charge on any atom is -0.491 e. The highest BCUT2D eigenvalue weighted by atomic mass is 32.2. The number of benzene rings is 2. The second kappa shape index (κ2) is 7.52. The number of hydrogen-bond donors (Lipinski definition) is 0. The molecule has 0 unspecified atom stereocenters. The van der Waals surface area contributed by atoms with Gasteiger partial charge in [-0.3, -0.25) is 14.4 Å². The lowest BCUT2D eigenvalue weighted by atomic mass is 10.3. The van der Waals surface area contributed by atoms with Gasteiger partial charge in [-0.15, -0.1) is 0 Å². The number of hydrogen-bond acceptors (Lipinski definition) is 5. The molecule has 8 heteroatoms. The van der Waals surface area contributed by atoms with Gasteiger partial charge in [-0.2, -0.15) is 0 Å². The van der Waals surface area contributed by atoms with Crippen molar-refractivity contribution in [3.63, 3.8) is 0 Å². The minimum absolute atomic E-state index is 0.0155. The van der Waals surface area contributed by atoms with Crippen molar-refractivity contribution in [2.24, 2.45) is 0 Å². The fourth-order valence-corrected chi connectivity index (χ4v) is 3.85. The molecule has 0 saturated carbocycles. The lowest BCUT2D eigenvalue weighted by Gasteiger charge is -2.23. The van der Waals surface area contributed by atoms with Crippen LogP contribution >= 0.6 is 0 Å². The highest BCUT2D eigenvalue weighted by Crippen LogP contribution is 2.27. The number of sulfonamides is 1. The van der Waals surface area contributed by atoms with Crippen molar-refractivity contribution in [3.8, 4) is 5.75 Å². The summed E-state index contributed by atoms with van der Waals surface area (Å²) < 4.78 is 32.5. The molecule has 0 radical (unpaired) electrons. The quantitative estimate of drug-likeness (QED) is 0.553. The maximum Gasteiger partial charge on any atom is 0.270 e. The average Bonchev–Trinajstić information content (AvgIpc) is 2.56. The molecule has 0 saturated heterocycles. The summed E-state index contributed by atoms with van der Waals surface area (Å²) in [4.78, 5) is 10.2. The Labute approximate surface area is 147 Å². The highest BCUT2D eigenvalue weighted by Gasteiger charge is 2.25. The average molecular weight is 364 g/mol. The van der Waals surface area contributed by atoms with Crippen LogP contribution in [0.5, 0.6) is 5.75 Å². The zero-order valence-electron chi connectivity index (χ0n) is 14.2. The van der Waals surface area contributed by atoms with Crippen LogP contribution in [0.4, 0.5) is 11.4 Å². The van der Waals surface area contributed by atoms with Crippen molar-refractivity contribution in [1.82, 2.24) is 0 Å². The Balaban J connectivity index is 2.38. The summed E-state index contributed by atoms with van der Waals surface area (Å²) in [5.74, 6) is 0.641. The zero-order chi connectivity index (χ0) is 18.6. The molecule has 0 fully saturated rings. The molecule has 0 aliphatic carbocycles. The van der Waals surface area contributed by atoms with Gasteiger partial charge in [0.15, 0.2) is 0 Å². The smallest absolute Gasteiger partial charge is 0.270 e. The number of rotatable bonds is 7. The Bertz CT molecular complexity index is 848. The summed E-state index contributed by atoms with van der Waals surface area (Å²) in [7, 11) is -3.91. The van der Waals surface area contributed by atoms with E-state index in [0.717, 1.165) is 6.07 Å². The summed E-state index contributed by atoms with van der Waals surface area (Å²) in [6.45, 7) is 5.70. The third kappa shape index (κ3) is 4.27. The molecule has 0 aliphatic rings. The summed E-state index contributed by atoms with van der Waals surface area (Å²) in [6, 6.07) is 11.7. The maximum absolute atomic E-state index is 12.9. The first-order valence-electron chi connectivity index (χ1n) is 7.79. The van der Waals surface area contributed by atoms with Crippen LogP contribution < -0.4 is 9.04 Å². The molecule has 0 heterocycles. The molecule has 0 N–H and O–H groups in total. The normalized spacial score (nSPS) is 11.4. The van der Waals surface area contributed by atoms with Gasteiger partial charge in [0.25, 0.3) is 15.7 Å². The fraction of sp³-hybridized carbons (Fsp3) is 0.294. The van der Waals surface area contributed by atoms with Crippen LogP contribution in [0.25, 0.3) is 0 Å². The van der Waals surface area contributed by atoms with Gasteiger partial charge in [-0.05, 0) is 51.1 Å². The Morgan fingerprint density at radius 1 is 1.16 bits per heavy atom. The number of non-ortho nitro benzene ring substituents is 1. The number of nitrogens with zero attached hydrogens (tertiary/aromatic N) is 2. The van der Waals surface area contributed by atoms with Gasteiger partial charge in [0, 0.05) is 18.7 Å². The van der Waals surface area contributed by atoms with Gasteiger partial charge >= 0.3 is 0 Å². The number of nitro benzene ring substituents is 1. The molecule has 0 atom stereocenters. The molecule has 134 valence electrons. The molecular formula is C17H20N2O5S. The predicted molar refractivity (Wildman–Crippen MR) is 95.5 cm³/mol. The Hall–Kier alpha value is -2.61. The van der Waals surface area contributed by atoms with Crippen LogP contribution in [0.2, 0.25) is 0 Å². The molecular weight excluding hydrogens is 344 g/mol. The molecule has 7 nitrogen and oxygen atoms in total. The van der Waals surface area contributed by atoms with Gasteiger partial charge in [-0.1, -0.05) is 6.07 Å². The van der Waals surface area contributed by atoms with Crippen molar-refractivity contribution >= 4 is 21.4 Å². The first-order chi connectivity index (χ1) is 11.8. The second-order valence-corrected chi connectivity index (χ2v) is 7.45. The van der Waals surface area contributed by atoms with E-state index in [4.69, 9.17) is 4.74 Å². The van der Waals surface area contributed by atoms with Gasteiger partial charge in [0.1, 0.15) is 5.75 Å². The van der Waals surface area contributed by atoms with Gasteiger partial charge in [-0.25, -0.2) is 8.42 Å². The number of anilines is 1. The van der Waals surface area contributed by atoms with Crippen LogP contribution in [0.1, 0.15) is 20.8 Å². The minimum atomic E-state index is -3.91. The van der Waals surface area contributed by atoms with Crippen molar-refractivity contribution < 1.29 is 18.1 Å². The molecule has 0 spiro atoms. The van der Waals surface area contributed by atoms with Gasteiger partial charge in [0.2, 0.25) is 0 Å². The largest absolute Gasteiger partial charge is 0.491 e. The van der Waals surface area contributed by atoms with E-state index >= 15 is 0 Å². The van der Waals surface area contributed by atoms with E-state index in [9.17, 15) is 18.5 Å². The van der Waals surface area contributed by atoms with Crippen LogP contribution in [0.3, 0.4) is 0 Å². The number of ether oxygens (including phenoxy) is 1. The molecule has 0 aromatic heterocycles. The Morgan fingerprint density at radius 2 is 1.80 bits per heavy atom. The molecule has 0 amide bonds. The van der Waals surface area contributed by atoms with E-state index in [1.165, 1.54) is 22.5 Å². The van der Waals surface area contributed by atoms with Crippen molar-refractivity contribution in [2.45, 2.75) is 31.8 Å². The van der Waals surface area contributed by atoms with Crippen LogP contribution in [0.15, 0.2) is 53.4 Å². The number of nitro groups is 1. The monoisotopic (exact) mass is 364 g/mol. The molecule has 0 bridgehead atoms. The van der Waals surface area contributed by atoms with E-state index in [1.54, 1.807) is 31.2 Å². The van der Waals surface area contributed by atoms with Crippen molar-refractivity contribution in [1.29, 1.82) is 0 Å². The lowest BCUT2D eigenvalue weighted by molar-refractivity contribution is -0.385. The van der Waals surface area contributed by atoms with E-state index in [2.05, 4.69) is 0 Å². The summed E-state index contributed by atoms with van der Waals surface area (Å²) in [5, 5.41) is 10.9. The lowest BCUT2D eigenvalue weighted by Crippen LogP contribution is -2.30. The highest BCUT2D eigenvalue weighted by molar-refractivity contribution is 7.92. The molecule has 25 heavy (non-hydrogen) atoms. The summed E-state index contributed by atoms with van der Waals surface area (Å²) in [5.41, 5.74) is 0.197. The summed E-state index contributed by atoms with van der Waals surface area (Å²) in [6.07, 6.45) is 0.0155. The Morgan fingerprint density at radius 3 is 2.32 bits per heavy atom. The third-order valence-electron chi connectivity index (χ3n) is 3.40. The van der Waals surface area contributed by atoms with Crippen molar-refractivity contribution in [2.75, 3.05) is 10.8 Å². The Kier molecular flexibility index (Phi) is 5.63. The molecule has 0 aliphatic heterocycles. The second-order valence-electron chi connectivity index (χ2n) is 5.58. The molecule has 2 aromatic carbocycles. The first kappa shape index (κ1) is 18.7. The molecule has 2 rings (SSSR count). The third-order valence-corrected chi connectivity index (χ3v) is 5.30. The van der Waals surface area contributed by atoms with E-state index in [-0.39, 0.29) is 23.2 Å². The van der Waals surface area contributed by atoms with Gasteiger partial charge in [0.05, 0.1) is 21.6 Å². The van der Waals surface area contributed by atoms with E-state index in [1.807, 2.05) is 13.8 Å². The maximum atomic E-state index is 12.9. The topological polar surface area (TPSA) is 89.8 Å². The van der Waals surface area contributed by atoms with Gasteiger partial charge < -0.3 is 4.74 Å². The standard InChI is InChI=1S/C17H20N2O5S/c1-4-18(14-8-10-16(11-9-14)24-13(2)3)25(22,23)17-7-5-6-15(12-17)19(20)21/h5-13H,4H2,1-3H3. The SMILES string of the molecule is CCN(c1ccc(OC(C)C)cc1)S(=O)(=O)c1cccc([N+](=O)[O-])c1. The first-order valence-corrected chi connectivity index (χ1v) is 9.23. The van der Waals surface area contributed by atoms with Crippen LogP contribution in [-0.4, -0.2) is 26.0 Å². The predicted octanol–water partition coefficient (Wildman–Crippen LogP) is 3.60. The molecule has 2 aromatic rings. The fourth-order valence-electron chi connectivity index (χ4n) is 2.34. The van der Waals surface area contributed by atoms with E-state index in [0.29, 0.717) is 11.4 Å². The van der Waals surface area contributed by atoms with Crippen LogP contribution in [-0.2, 0) is 10.0 Å². The van der Waals surface area contributed by atoms with Crippen molar-refractivity contribution in [3.05, 3.63) is 58.6 Å². The summed E-state index contributed by atoms with van der Waals surface area (Å²) >= 11 is 0. The van der Waals surface area contributed by atoms with Crippen LogP contribution in [0, 0.1) is 10.1 Å². The van der Waals surface area contributed by atoms with E-state index < -0.39 is 14.9 Å².